The maximum Gasteiger partial charge on any atom is 0.404 e. The molecule has 30 heavy (non-hydrogen) atoms. The van der Waals surface area contributed by atoms with Gasteiger partial charge < -0.3 is 35.6 Å². The number of aromatic hydroxyl groups is 2. The molecule has 1 aromatic rings. The fourth-order valence-corrected chi connectivity index (χ4v) is 4.82. The van der Waals surface area contributed by atoms with Gasteiger partial charge in [-0.3, -0.25) is 5.41 Å². The maximum absolute atomic E-state index is 11.3. The highest BCUT2D eigenvalue weighted by atomic mass is 16.6. The number of carbonyl (C=O) groups excluding carboxylic acids is 1. The van der Waals surface area contributed by atoms with E-state index in [0.717, 1.165) is 0 Å². The molecule has 4 atom stereocenters. The van der Waals surface area contributed by atoms with Gasteiger partial charge in [0.2, 0.25) is 0 Å². The molecule has 0 aromatic heterocycles. The Morgan fingerprint density at radius 2 is 2.30 bits per heavy atom. The molecule has 2 fully saturated rings. The number of anilines is 1. The standard InChI is InChI=1S/C19H20N6O5/c1-29-19-9(7-30-18(21)28)14-15(25(19)6-11-17(19)24-11)12(26)4-10(16(14)27)23-8-2-3-13(20)22-5-8/h2-5,9,11,17,20,24,26-27H,6-7H2,1H3,(H2,21,28). The van der Waals surface area contributed by atoms with Crippen LogP contribution in [0.4, 0.5) is 16.2 Å². The number of nitrogens with two attached hydrogens (primary N) is 1. The lowest BCUT2D eigenvalue weighted by molar-refractivity contribution is -0.0337. The molecule has 4 aliphatic rings. The number of piperazine rings is 1. The van der Waals surface area contributed by atoms with Crippen LogP contribution in [0.5, 0.6) is 11.5 Å². The minimum Gasteiger partial charge on any atom is -0.506 e. The van der Waals surface area contributed by atoms with Gasteiger partial charge in [0.05, 0.1) is 29.6 Å². The van der Waals surface area contributed by atoms with E-state index in [1.807, 2.05) is 4.90 Å². The number of nitrogens with zero attached hydrogens (tertiary/aromatic N) is 3. The van der Waals surface area contributed by atoms with Crippen LogP contribution < -0.4 is 16.0 Å². The first-order valence-electron chi connectivity index (χ1n) is 9.36. The smallest absolute Gasteiger partial charge is 0.404 e. The van der Waals surface area contributed by atoms with Crippen LogP contribution in [-0.2, 0) is 9.47 Å². The Labute approximate surface area is 171 Å². The Kier molecular flexibility index (Phi) is 3.89. The number of primary amides is 1. The minimum absolute atomic E-state index is 0.0515. The highest BCUT2D eigenvalue weighted by molar-refractivity contribution is 6.40. The summed E-state index contributed by atoms with van der Waals surface area (Å²) in [7, 11) is 1.55. The van der Waals surface area contributed by atoms with Crippen LogP contribution in [0, 0.1) is 5.41 Å². The second-order valence-corrected chi connectivity index (χ2v) is 7.54. The van der Waals surface area contributed by atoms with E-state index in [1.54, 1.807) is 13.2 Å². The molecule has 0 saturated carbocycles. The number of dihydropyridines is 1. The van der Waals surface area contributed by atoms with Gasteiger partial charge in [-0.05, 0) is 12.2 Å². The number of benzene rings is 1. The molecule has 11 nitrogen and oxygen atoms in total. The molecule has 4 unspecified atom stereocenters. The number of ether oxygens (including phenoxy) is 2. The summed E-state index contributed by atoms with van der Waals surface area (Å²) in [6.45, 7) is 0.431. The number of allylic oxidation sites excluding steroid dienone is 1. The summed E-state index contributed by atoms with van der Waals surface area (Å²) in [6, 6.07) is 1.50. The van der Waals surface area contributed by atoms with Crippen molar-refractivity contribution >= 4 is 35.2 Å². The molecule has 0 spiro atoms. The van der Waals surface area contributed by atoms with Gasteiger partial charge in [-0.15, -0.1) is 0 Å². The number of amides is 1. The van der Waals surface area contributed by atoms with Crippen LogP contribution in [0.1, 0.15) is 11.5 Å². The van der Waals surface area contributed by atoms with Gasteiger partial charge in [0.1, 0.15) is 29.6 Å². The summed E-state index contributed by atoms with van der Waals surface area (Å²) in [5.41, 5.74) is 5.60. The number of rotatable bonds is 4. The number of hydrogen-bond acceptors (Lipinski definition) is 9. The zero-order chi connectivity index (χ0) is 21.2. The molecular weight excluding hydrogens is 392 g/mol. The molecule has 11 heteroatoms. The SMILES string of the molecule is COC12C(COC(N)=O)c3c(O)c(N=C4C=CC(=N)N=C4)cc(O)c3N1CC1NC12. The van der Waals surface area contributed by atoms with Crippen molar-refractivity contribution in [1.29, 1.82) is 5.41 Å². The fourth-order valence-electron chi connectivity index (χ4n) is 4.82. The zero-order valence-electron chi connectivity index (χ0n) is 16.0. The van der Waals surface area contributed by atoms with Crippen LogP contribution in [0.15, 0.2) is 28.2 Å². The van der Waals surface area contributed by atoms with Gasteiger partial charge >= 0.3 is 6.09 Å². The van der Waals surface area contributed by atoms with Crippen LogP contribution in [0.2, 0.25) is 0 Å². The van der Waals surface area contributed by atoms with Crippen molar-refractivity contribution in [3.63, 3.8) is 0 Å². The second-order valence-electron chi connectivity index (χ2n) is 7.54. The predicted octanol–water partition coefficient (Wildman–Crippen LogP) is 0.484. The average molecular weight is 412 g/mol. The molecule has 5 rings (SSSR count). The number of phenols is 2. The number of fused-ring (bicyclic) bond motifs is 5. The molecule has 1 aromatic carbocycles. The van der Waals surface area contributed by atoms with E-state index in [1.165, 1.54) is 18.4 Å². The van der Waals surface area contributed by atoms with E-state index >= 15 is 0 Å². The van der Waals surface area contributed by atoms with Gasteiger partial charge in [0.25, 0.3) is 0 Å². The Hall–Kier alpha value is -3.44. The molecule has 156 valence electrons. The lowest BCUT2D eigenvalue weighted by Crippen LogP contribution is -2.54. The zero-order valence-corrected chi connectivity index (χ0v) is 16.0. The van der Waals surface area contributed by atoms with Crippen molar-refractivity contribution < 1.29 is 24.5 Å². The molecule has 2 saturated heterocycles. The van der Waals surface area contributed by atoms with E-state index in [0.29, 0.717) is 23.5 Å². The van der Waals surface area contributed by atoms with Crippen LogP contribution in [-0.4, -0.2) is 72.1 Å². The number of nitrogens with one attached hydrogen (secondary N) is 2. The third kappa shape index (κ3) is 2.45. The van der Waals surface area contributed by atoms with E-state index in [-0.39, 0.29) is 41.7 Å². The molecule has 4 aliphatic heterocycles. The first kappa shape index (κ1) is 18.6. The first-order valence-corrected chi connectivity index (χ1v) is 9.36. The Balaban J connectivity index is 1.65. The van der Waals surface area contributed by atoms with Gasteiger partial charge in [-0.25, -0.2) is 14.8 Å². The van der Waals surface area contributed by atoms with Crippen molar-refractivity contribution in [2.75, 3.05) is 25.2 Å². The maximum atomic E-state index is 11.3. The first-order chi connectivity index (χ1) is 14.4. The number of carbonyl (C=O) groups is 1. The highest BCUT2D eigenvalue weighted by Gasteiger charge is 2.71. The summed E-state index contributed by atoms with van der Waals surface area (Å²) >= 11 is 0. The van der Waals surface area contributed by atoms with E-state index < -0.39 is 17.7 Å². The molecule has 0 bridgehead atoms. The second kappa shape index (κ2) is 6.28. The van der Waals surface area contributed by atoms with Crippen molar-refractivity contribution in [2.45, 2.75) is 23.7 Å². The van der Waals surface area contributed by atoms with Crippen molar-refractivity contribution in [2.24, 2.45) is 15.7 Å². The average Bonchev–Trinajstić information content (AvgIpc) is 3.32. The lowest BCUT2D eigenvalue weighted by atomic mass is 9.89. The summed E-state index contributed by atoms with van der Waals surface area (Å²) in [6.07, 6.45) is 3.51. The third-order valence-electron chi connectivity index (χ3n) is 6.04. The van der Waals surface area contributed by atoms with Crippen molar-refractivity contribution in [3.8, 4) is 11.5 Å². The summed E-state index contributed by atoms with van der Waals surface area (Å²) < 4.78 is 11.0. The molecule has 6 N–H and O–H groups in total. The molecule has 0 radical (unpaired) electrons. The molecule has 1 amide bonds. The monoisotopic (exact) mass is 412 g/mol. The number of phenolic OH excluding ortho intramolecular Hbond substituents is 2. The Bertz CT molecular complexity index is 1050. The van der Waals surface area contributed by atoms with Crippen LogP contribution in [0.25, 0.3) is 0 Å². The number of hydrogen-bond donors (Lipinski definition) is 5. The quantitative estimate of drug-likeness (QED) is 0.353. The lowest BCUT2D eigenvalue weighted by Gasteiger charge is -2.38. The van der Waals surface area contributed by atoms with E-state index in [9.17, 15) is 15.0 Å². The van der Waals surface area contributed by atoms with E-state index in [2.05, 4.69) is 15.3 Å². The van der Waals surface area contributed by atoms with Gasteiger partial charge in [-0.1, -0.05) is 0 Å². The fraction of sp³-hybridized carbons (Fsp3) is 0.368. The predicted molar refractivity (Wildman–Crippen MR) is 108 cm³/mol. The number of aliphatic imine (C=N–C) groups is 2. The Morgan fingerprint density at radius 3 is 2.97 bits per heavy atom. The van der Waals surface area contributed by atoms with Crippen molar-refractivity contribution in [1.82, 2.24) is 5.32 Å². The van der Waals surface area contributed by atoms with Crippen LogP contribution >= 0.6 is 0 Å². The normalized spacial score (nSPS) is 31.6. The summed E-state index contributed by atoms with van der Waals surface area (Å²) in [5, 5.41) is 32.8. The van der Waals surface area contributed by atoms with Gasteiger partial charge in [0.15, 0.2) is 5.72 Å². The highest BCUT2D eigenvalue weighted by Crippen LogP contribution is 2.63. The largest absolute Gasteiger partial charge is 0.506 e. The van der Waals surface area contributed by atoms with Gasteiger partial charge in [0, 0.05) is 31.3 Å². The summed E-state index contributed by atoms with van der Waals surface area (Å²) in [5.74, 6) is -0.743. The summed E-state index contributed by atoms with van der Waals surface area (Å²) in [4.78, 5) is 21.4. The van der Waals surface area contributed by atoms with Gasteiger partial charge in [-0.2, -0.15) is 0 Å². The third-order valence-corrected chi connectivity index (χ3v) is 6.04. The molecular formula is C19H20N6O5. The topological polar surface area (TPSA) is 176 Å². The molecule has 0 aliphatic carbocycles. The van der Waals surface area contributed by atoms with Crippen LogP contribution in [0.3, 0.4) is 0 Å². The number of methoxy groups -OCH3 is 1. The number of amidine groups is 1. The van der Waals surface area contributed by atoms with Crippen molar-refractivity contribution in [3.05, 3.63) is 23.8 Å². The Morgan fingerprint density at radius 1 is 1.50 bits per heavy atom. The minimum atomic E-state index is -0.940. The molecule has 4 heterocycles. The van der Waals surface area contributed by atoms with E-state index in [4.69, 9.17) is 20.6 Å².